The summed E-state index contributed by atoms with van der Waals surface area (Å²) in [5.74, 6) is -0.161. The zero-order chi connectivity index (χ0) is 28.6. The standard InChI is InChI=1S/C30H35N3O6S/c1-5-8-9-17-39-23-15-12-21(18-24(23)37-7-3)26-25(27(34)20-10-13-22(14-11-20)38-16-6-2)28(35)29(36)33(26)30-32-31-19(4)40-30/h10-15,18,26,34H,5-9,16-17H2,1-4H3. The van der Waals surface area contributed by atoms with Crippen LogP contribution < -0.4 is 19.1 Å². The van der Waals surface area contributed by atoms with Crippen LogP contribution in [-0.2, 0) is 9.59 Å². The molecule has 4 rings (SSSR count). The Morgan fingerprint density at radius 2 is 1.70 bits per heavy atom. The summed E-state index contributed by atoms with van der Waals surface area (Å²) in [7, 11) is 0. The van der Waals surface area contributed by atoms with Gasteiger partial charge in [0.2, 0.25) is 5.13 Å². The Morgan fingerprint density at radius 1 is 0.925 bits per heavy atom. The minimum atomic E-state index is -0.947. The molecule has 0 spiro atoms. The third-order valence-electron chi connectivity index (χ3n) is 6.36. The van der Waals surface area contributed by atoms with Gasteiger partial charge in [-0.15, -0.1) is 10.2 Å². The van der Waals surface area contributed by atoms with Gasteiger partial charge in [0.15, 0.2) is 11.5 Å². The van der Waals surface area contributed by atoms with E-state index in [4.69, 9.17) is 14.2 Å². The maximum atomic E-state index is 13.4. The van der Waals surface area contributed by atoms with E-state index in [1.807, 2.05) is 13.8 Å². The van der Waals surface area contributed by atoms with Gasteiger partial charge in [-0.05, 0) is 68.7 Å². The van der Waals surface area contributed by atoms with Crippen molar-refractivity contribution in [2.75, 3.05) is 24.7 Å². The second-order valence-electron chi connectivity index (χ2n) is 9.34. The van der Waals surface area contributed by atoms with Crippen molar-refractivity contribution in [3.63, 3.8) is 0 Å². The summed E-state index contributed by atoms with van der Waals surface area (Å²) in [4.78, 5) is 28.1. The minimum Gasteiger partial charge on any atom is -0.507 e. The second kappa shape index (κ2) is 13.4. The fourth-order valence-corrected chi connectivity index (χ4v) is 5.14. The maximum absolute atomic E-state index is 13.4. The molecule has 1 atom stereocenters. The third-order valence-corrected chi connectivity index (χ3v) is 7.19. The van der Waals surface area contributed by atoms with Crippen molar-refractivity contribution in [1.82, 2.24) is 10.2 Å². The first-order valence-corrected chi connectivity index (χ1v) is 14.4. The smallest absolute Gasteiger partial charge is 0.301 e. The molecule has 0 radical (unpaired) electrons. The Hall–Kier alpha value is -3.92. The third kappa shape index (κ3) is 6.28. The Morgan fingerprint density at radius 3 is 2.35 bits per heavy atom. The quantitative estimate of drug-likeness (QED) is 0.112. The van der Waals surface area contributed by atoms with Gasteiger partial charge < -0.3 is 19.3 Å². The number of hydrogen-bond acceptors (Lipinski definition) is 9. The molecule has 1 aromatic heterocycles. The second-order valence-corrected chi connectivity index (χ2v) is 10.5. The monoisotopic (exact) mass is 565 g/mol. The first-order chi connectivity index (χ1) is 19.4. The highest BCUT2D eigenvalue weighted by atomic mass is 32.1. The van der Waals surface area contributed by atoms with Crippen molar-refractivity contribution in [2.45, 2.75) is 59.4 Å². The fourth-order valence-electron chi connectivity index (χ4n) is 4.43. The Bertz CT molecular complexity index is 1370. The number of ketones is 1. The molecule has 10 heteroatoms. The number of aromatic nitrogens is 2. The summed E-state index contributed by atoms with van der Waals surface area (Å²) in [5.41, 5.74) is 0.918. The maximum Gasteiger partial charge on any atom is 0.301 e. The van der Waals surface area contributed by atoms with E-state index < -0.39 is 17.7 Å². The van der Waals surface area contributed by atoms with Crippen LogP contribution in [0.5, 0.6) is 17.2 Å². The molecule has 1 fully saturated rings. The van der Waals surface area contributed by atoms with Gasteiger partial charge in [0.1, 0.15) is 16.5 Å². The molecule has 0 saturated carbocycles. The van der Waals surface area contributed by atoms with Crippen LogP contribution in [0, 0.1) is 6.92 Å². The summed E-state index contributed by atoms with van der Waals surface area (Å²) < 4.78 is 17.5. The largest absolute Gasteiger partial charge is 0.507 e. The van der Waals surface area contributed by atoms with E-state index in [0.29, 0.717) is 53.2 Å². The van der Waals surface area contributed by atoms with E-state index in [0.717, 1.165) is 25.7 Å². The molecule has 212 valence electrons. The van der Waals surface area contributed by atoms with E-state index in [1.165, 1.54) is 16.2 Å². The van der Waals surface area contributed by atoms with E-state index in [2.05, 4.69) is 17.1 Å². The van der Waals surface area contributed by atoms with Crippen LogP contribution in [0.4, 0.5) is 5.13 Å². The Balaban J connectivity index is 1.80. The lowest BCUT2D eigenvalue weighted by Gasteiger charge is -2.23. The number of benzene rings is 2. The molecule has 9 nitrogen and oxygen atoms in total. The highest BCUT2D eigenvalue weighted by Crippen LogP contribution is 2.45. The van der Waals surface area contributed by atoms with Crippen LogP contribution in [0.2, 0.25) is 0 Å². The SMILES string of the molecule is CCCCCOc1ccc(C2C(=C(O)c3ccc(OCCC)cc3)C(=O)C(=O)N2c2nnc(C)s2)cc1OCC. The van der Waals surface area contributed by atoms with E-state index in [9.17, 15) is 14.7 Å². The van der Waals surface area contributed by atoms with Crippen LogP contribution in [0.15, 0.2) is 48.0 Å². The van der Waals surface area contributed by atoms with E-state index in [1.54, 1.807) is 49.4 Å². The lowest BCUT2D eigenvalue weighted by atomic mass is 9.95. The molecular weight excluding hydrogens is 530 g/mol. The van der Waals surface area contributed by atoms with Crippen molar-refractivity contribution in [1.29, 1.82) is 0 Å². The molecule has 1 aliphatic heterocycles. The molecule has 1 saturated heterocycles. The first kappa shape index (κ1) is 29.1. The molecule has 1 unspecified atom stereocenters. The van der Waals surface area contributed by atoms with Gasteiger partial charge in [0.25, 0.3) is 5.78 Å². The normalized spacial score (nSPS) is 16.4. The Labute approximate surface area is 238 Å². The van der Waals surface area contributed by atoms with Crippen LogP contribution in [0.25, 0.3) is 5.76 Å². The number of aliphatic hydroxyl groups is 1. The van der Waals surface area contributed by atoms with Gasteiger partial charge in [0.05, 0.1) is 31.4 Å². The van der Waals surface area contributed by atoms with Crippen LogP contribution in [0.1, 0.15) is 68.6 Å². The number of aryl methyl sites for hydroxylation is 1. The van der Waals surface area contributed by atoms with Gasteiger partial charge in [-0.1, -0.05) is 44.1 Å². The number of carbonyl (C=O) groups is 2. The van der Waals surface area contributed by atoms with Crippen molar-refractivity contribution in [2.24, 2.45) is 0 Å². The molecule has 1 N–H and O–H groups in total. The van der Waals surface area contributed by atoms with Crippen LogP contribution in [0.3, 0.4) is 0 Å². The van der Waals surface area contributed by atoms with Gasteiger partial charge in [0, 0.05) is 5.56 Å². The fraction of sp³-hybridized carbons (Fsp3) is 0.400. The van der Waals surface area contributed by atoms with Gasteiger partial charge in [-0.2, -0.15) is 0 Å². The zero-order valence-electron chi connectivity index (χ0n) is 23.3. The predicted molar refractivity (Wildman–Crippen MR) is 154 cm³/mol. The average molecular weight is 566 g/mol. The molecule has 2 heterocycles. The topological polar surface area (TPSA) is 111 Å². The summed E-state index contributed by atoms with van der Waals surface area (Å²) in [5, 5.41) is 20.5. The van der Waals surface area contributed by atoms with Crippen molar-refractivity contribution >= 4 is 33.9 Å². The lowest BCUT2D eigenvalue weighted by molar-refractivity contribution is -0.132. The van der Waals surface area contributed by atoms with Crippen molar-refractivity contribution in [3.05, 3.63) is 64.2 Å². The number of amides is 1. The van der Waals surface area contributed by atoms with E-state index >= 15 is 0 Å². The van der Waals surface area contributed by atoms with E-state index in [-0.39, 0.29) is 16.5 Å². The molecule has 0 bridgehead atoms. The number of nitrogens with zero attached hydrogens (tertiary/aromatic N) is 3. The lowest BCUT2D eigenvalue weighted by Crippen LogP contribution is -2.29. The molecule has 3 aromatic rings. The highest BCUT2D eigenvalue weighted by Gasteiger charge is 2.48. The minimum absolute atomic E-state index is 0.0425. The number of hydrogen-bond donors (Lipinski definition) is 1. The number of Topliss-reactive ketones (excluding diaryl/α,β-unsaturated/α-hetero) is 1. The number of unbranched alkanes of at least 4 members (excludes halogenated alkanes) is 2. The Kier molecular flexibility index (Phi) is 9.76. The summed E-state index contributed by atoms with van der Waals surface area (Å²) in [6.07, 6.45) is 3.92. The molecule has 1 amide bonds. The average Bonchev–Trinajstić information content (AvgIpc) is 3.50. The number of rotatable bonds is 13. The number of carbonyl (C=O) groups excluding carboxylic acids is 2. The molecule has 1 aliphatic rings. The number of anilines is 1. The van der Waals surface area contributed by atoms with Crippen molar-refractivity contribution < 1.29 is 28.9 Å². The predicted octanol–water partition coefficient (Wildman–Crippen LogP) is 6.23. The first-order valence-electron chi connectivity index (χ1n) is 13.6. The summed E-state index contributed by atoms with van der Waals surface area (Å²) in [6.45, 7) is 9.30. The van der Waals surface area contributed by atoms with Gasteiger partial charge in [-0.3, -0.25) is 14.5 Å². The highest BCUT2D eigenvalue weighted by molar-refractivity contribution is 7.15. The van der Waals surface area contributed by atoms with Crippen molar-refractivity contribution in [3.8, 4) is 17.2 Å². The molecule has 0 aliphatic carbocycles. The van der Waals surface area contributed by atoms with Crippen LogP contribution >= 0.6 is 11.3 Å². The molecular formula is C30H35N3O6S. The molecule has 40 heavy (non-hydrogen) atoms. The van der Waals surface area contributed by atoms with Crippen LogP contribution in [-0.4, -0.2) is 46.8 Å². The summed E-state index contributed by atoms with van der Waals surface area (Å²) >= 11 is 1.20. The number of ether oxygens (including phenoxy) is 3. The number of aliphatic hydroxyl groups excluding tert-OH is 1. The summed E-state index contributed by atoms with van der Waals surface area (Å²) in [6, 6.07) is 11.1. The van der Waals surface area contributed by atoms with Gasteiger partial charge >= 0.3 is 5.91 Å². The zero-order valence-corrected chi connectivity index (χ0v) is 24.1. The molecule has 2 aromatic carbocycles. The van der Waals surface area contributed by atoms with Gasteiger partial charge in [-0.25, -0.2) is 0 Å².